The molecule has 0 atom stereocenters. The van der Waals surface area contributed by atoms with Gasteiger partial charge in [-0.2, -0.15) is 0 Å². The van der Waals surface area contributed by atoms with Crippen molar-refractivity contribution in [3.63, 3.8) is 0 Å². The number of hydrogen-bond acceptors (Lipinski definition) is 3. The lowest BCUT2D eigenvalue weighted by Crippen LogP contribution is -2.39. The molecule has 0 unspecified atom stereocenters. The number of carbonyl (C=O) groups is 1. The molecule has 0 fully saturated rings. The molecule has 1 amide bonds. The number of methoxy groups -OCH3 is 1. The molecule has 0 N–H and O–H groups in total. The van der Waals surface area contributed by atoms with E-state index in [0.717, 1.165) is 0 Å². The van der Waals surface area contributed by atoms with E-state index in [-0.39, 0.29) is 11.9 Å². The van der Waals surface area contributed by atoms with E-state index in [0.29, 0.717) is 23.3 Å². The van der Waals surface area contributed by atoms with Crippen molar-refractivity contribution in [2.45, 2.75) is 19.9 Å². The van der Waals surface area contributed by atoms with Gasteiger partial charge in [0.15, 0.2) is 0 Å². The fourth-order valence-electron chi connectivity index (χ4n) is 1.49. The molecule has 1 aromatic heterocycles. The van der Waals surface area contributed by atoms with Gasteiger partial charge in [-0.25, -0.2) is 4.98 Å². The zero-order valence-electron chi connectivity index (χ0n) is 10.3. The summed E-state index contributed by atoms with van der Waals surface area (Å²) in [6.45, 7) is 5.11. The number of rotatable bonds is 5. The van der Waals surface area contributed by atoms with Crippen molar-refractivity contribution in [2.75, 3.05) is 20.3 Å². The molecule has 0 aliphatic carbocycles. The Labute approximate surface area is 110 Å². The van der Waals surface area contributed by atoms with Crippen LogP contribution in [0.15, 0.2) is 22.9 Å². The first-order chi connectivity index (χ1) is 8.06. The minimum absolute atomic E-state index is 0.000139. The average Bonchev–Trinajstić information content (AvgIpc) is 2.29. The van der Waals surface area contributed by atoms with Crippen LogP contribution in [0, 0.1) is 0 Å². The van der Waals surface area contributed by atoms with E-state index in [1.165, 1.54) is 0 Å². The Morgan fingerprint density at radius 1 is 1.59 bits per heavy atom. The molecule has 1 heterocycles. The maximum atomic E-state index is 12.3. The second kappa shape index (κ2) is 6.71. The van der Waals surface area contributed by atoms with E-state index < -0.39 is 0 Å². The van der Waals surface area contributed by atoms with Crippen molar-refractivity contribution < 1.29 is 9.53 Å². The molecule has 1 aromatic rings. The van der Waals surface area contributed by atoms with E-state index in [9.17, 15) is 4.79 Å². The van der Waals surface area contributed by atoms with Gasteiger partial charge in [0.2, 0.25) is 0 Å². The molecular formula is C12H17BrN2O2. The summed E-state index contributed by atoms with van der Waals surface area (Å²) >= 11 is 3.26. The van der Waals surface area contributed by atoms with Gasteiger partial charge in [0.05, 0.1) is 6.61 Å². The van der Waals surface area contributed by atoms with Crippen LogP contribution in [0.3, 0.4) is 0 Å². The standard InChI is InChI=1S/C12H17BrN2O2/c1-9(2)15(6-7-17-3)12(16)10-4-5-14-11(13)8-10/h4-5,8-9H,6-7H2,1-3H3. The molecule has 0 bridgehead atoms. The Hall–Kier alpha value is -0.940. The number of hydrogen-bond donors (Lipinski definition) is 0. The lowest BCUT2D eigenvalue weighted by Gasteiger charge is -2.26. The van der Waals surface area contributed by atoms with Gasteiger partial charge in [-0.1, -0.05) is 0 Å². The van der Waals surface area contributed by atoms with Crippen LogP contribution in [0.5, 0.6) is 0 Å². The molecule has 4 nitrogen and oxygen atoms in total. The van der Waals surface area contributed by atoms with Crippen LogP contribution in [0.2, 0.25) is 0 Å². The summed E-state index contributed by atoms with van der Waals surface area (Å²) in [5.41, 5.74) is 0.636. The summed E-state index contributed by atoms with van der Waals surface area (Å²) in [7, 11) is 1.63. The molecule has 5 heteroatoms. The van der Waals surface area contributed by atoms with Gasteiger partial charge in [-0.15, -0.1) is 0 Å². The van der Waals surface area contributed by atoms with Crippen molar-refractivity contribution in [3.8, 4) is 0 Å². The largest absolute Gasteiger partial charge is 0.383 e. The predicted molar refractivity (Wildman–Crippen MR) is 70.0 cm³/mol. The molecule has 0 spiro atoms. The average molecular weight is 301 g/mol. The van der Waals surface area contributed by atoms with Crippen LogP contribution in [-0.2, 0) is 4.74 Å². The number of halogens is 1. The van der Waals surface area contributed by atoms with Crippen LogP contribution < -0.4 is 0 Å². The quantitative estimate of drug-likeness (QED) is 0.784. The topological polar surface area (TPSA) is 42.4 Å². The second-order valence-corrected chi connectivity index (χ2v) is 4.76. The lowest BCUT2D eigenvalue weighted by atomic mass is 10.2. The SMILES string of the molecule is COCCN(C(=O)c1ccnc(Br)c1)C(C)C. The zero-order chi connectivity index (χ0) is 12.8. The van der Waals surface area contributed by atoms with Gasteiger partial charge in [-0.3, -0.25) is 4.79 Å². The maximum Gasteiger partial charge on any atom is 0.254 e. The molecule has 1 rings (SSSR count). The second-order valence-electron chi connectivity index (χ2n) is 3.95. The predicted octanol–water partition coefficient (Wildman–Crippen LogP) is 2.34. The third-order valence-electron chi connectivity index (χ3n) is 2.39. The molecule has 0 saturated heterocycles. The summed E-state index contributed by atoms with van der Waals surface area (Å²) in [6.07, 6.45) is 1.62. The highest BCUT2D eigenvalue weighted by molar-refractivity contribution is 9.10. The molecule has 0 aromatic carbocycles. The third kappa shape index (κ3) is 4.09. The van der Waals surface area contributed by atoms with E-state index in [1.54, 1.807) is 30.3 Å². The number of carbonyl (C=O) groups excluding carboxylic acids is 1. The molecule has 17 heavy (non-hydrogen) atoms. The lowest BCUT2D eigenvalue weighted by molar-refractivity contribution is 0.0635. The number of aromatic nitrogens is 1. The summed E-state index contributed by atoms with van der Waals surface area (Å²) < 4.78 is 5.68. The molecule has 0 radical (unpaired) electrons. The van der Waals surface area contributed by atoms with Gasteiger partial charge in [0.1, 0.15) is 4.60 Å². The van der Waals surface area contributed by atoms with Crippen molar-refractivity contribution in [2.24, 2.45) is 0 Å². The highest BCUT2D eigenvalue weighted by Gasteiger charge is 2.18. The van der Waals surface area contributed by atoms with E-state index in [1.807, 2.05) is 13.8 Å². The molecule has 94 valence electrons. The van der Waals surface area contributed by atoms with Crippen molar-refractivity contribution in [3.05, 3.63) is 28.5 Å². The smallest absolute Gasteiger partial charge is 0.254 e. The molecule has 0 saturated carbocycles. The first-order valence-corrected chi connectivity index (χ1v) is 6.27. The van der Waals surface area contributed by atoms with Crippen LogP contribution in [-0.4, -0.2) is 42.1 Å². The van der Waals surface area contributed by atoms with E-state index >= 15 is 0 Å². The Bertz CT molecular complexity index is 383. The summed E-state index contributed by atoms with van der Waals surface area (Å²) in [6, 6.07) is 3.59. The van der Waals surface area contributed by atoms with Crippen molar-refractivity contribution in [1.29, 1.82) is 0 Å². The molecular weight excluding hydrogens is 284 g/mol. The Morgan fingerprint density at radius 3 is 2.82 bits per heavy atom. The highest BCUT2D eigenvalue weighted by Crippen LogP contribution is 2.12. The van der Waals surface area contributed by atoms with Crippen LogP contribution in [0.4, 0.5) is 0 Å². The minimum atomic E-state index is 0.000139. The van der Waals surface area contributed by atoms with E-state index in [2.05, 4.69) is 20.9 Å². The van der Waals surface area contributed by atoms with E-state index in [4.69, 9.17) is 4.74 Å². The van der Waals surface area contributed by atoms with Crippen LogP contribution in [0.25, 0.3) is 0 Å². The van der Waals surface area contributed by atoms with Crippen LogP contribution >= 0.6 is 15.9 Å². The number of pyridine rings is 1. The summed E-state index contributed by atoms with van der Waals surface area (Å²) in [5, 5.41) is 0. The first-order valence-electron chi connectivity index (χ1n) is 5.47. The maximum absolute atomic E-state index is 12.3. The van der Waals surface area contributed by atoms with Gasteiger partial charge in [-0.05, 0) is 41.9 Å². The normalized spacial score (nSPS) is 10.6. The fourth-order valence-corrected chi connectivity index (χ4v) is 1.85. The minimum Gasteiger partial charge on any atom is -0.383 e. The Kier molecular flexibility index (Phi) is 5.58. The number of ether oxygens (including phenoxy) is 1. The Balaban J connectivity index is 2.84. The van der Waals surface area contributed by atoms with Crippen molar-refractivity contribution in [1.82, 2.24) is 9.88 Å². The molecule has 0 aliphatic heterocycles. The fraction of sp³-hybridized carbons (Fsp3) is 0.500. The third-order valence-corrected chi connectivity index (χ3v) is 2.83. The van der Waals surface area contributed by atoms with Crippen LogP contribution in [0.1, 0.15) is 24.2 Å². The number of nitrogens with zero attached hydrogens (tertiary/aromatic N) is 2. The molecule has 0 aliphatic rings. The van der Waals surface area contributed by atoms with Crippen molar-refractivity contribution >= 4 is 21.8 Å². The van der Waals surface area contributed by atoms with Gasteiger partial charge in [0, 0.05) is 31.5 Å². The summed E-state index contributed by atoms with van der Waals surface area (Å²) in [5.74, 6) is 0.000139. The van der Waals surface area contributed by atoms with Gasteiger partial charge >= 0.3 is 0 Å². The Morgan fingerprint density at radius 2 is 2.29 bits per heavy atom. The summed E-state index contributed by atoms with van der Waals surface area (Å²) in [4.78, 5) is 18.1. The number of amides is 1. The first kappa shape index (κ1) is 14.1. The monoisotopic (exact) mass is 300 g/mol. The van der Waals surface area contributed by atoms with Gasteiger partial charge in [0.25, 0.3) is 5.91 Å². The zero-order valence-corrected chi connectivity index (χ0v) is 11.9. The highest BCUT2D eigenvalue weighted by atomic mass is 79.9. The van der Waals surface area contributed by atoms with Gasteiger partial charge < -0.3 is 9.64 Å².